The molecule has 0 fully saturated rings. The quantitative estimate of drug-likeness (QED) is 0.828. The number of anilines is 1. The Hall–Kier alpha value is -2.89. The van der Waals surface area contributed by atoms with Gasteiger partial charge in [0.15, 0.2) is 11.2 Å². The largest absolute Gasteiger partial charge is 0.471 e. The van der Waals surface area contributed by atoms with Gasteiger partial charge in [0.25, 0.3) is 0 Å². The average Bonchev–Trinajstić information content (AvgIpc) is 2.93. The van der Waals surface area contributed by atoms with Crippen LogP contribution in [0.15, 0.2) is 55.4 Å². The minimum Gasteiger partial charge on any atom is -0.471 e. The van der Waals surface area contributed by atoms with E-state index in [9.17, 15) is 0 Å². The second kappa shape index (κ2) is 9.19. The first-order valence-electron chi connectivity index (χ1n) is 7.33. The fourth-order valence-corrected chi connectivity index (χ4v) is 1.74. The van der Waals surface area contributed by atoms with Crippen LogP contribution >= 0.6 is 0 Å². The molecule has 23 heavy (non-hydrogen) atoms. The summed E-state index contributed by atoms with van der Waals surface area (Å²) in [4.78, 5) is 12.5. The Morgan fingerprint density at radius 2 is 2.04 bits per heavy atom. The maximum Gasteiger partial charge on any atom is 0.247 e. The number of allylic oxidation sites excluding steroid dienone is 4. The van der Waals surface area contributed by atoms with Crippen molar-refractivity contribution in [2.24, 2.45) is 7.05 Å². The topological polar surface area (TPSA) is 78.8 Å². The Morgan fingerprint density at radius 3 is 2.70 bits per heavy atom. The number of fused-ring (bicyclic) bond motifs is 1. The predicted octanol–water partition coefficient (Wildman–Crippen LogP) is 3.21. The minimum atomic E-state index is 0.150. The van der Waals surface area contributed by atoms with E-state index in [4.69, 9.17) is 10.5 Å². The van der Waals surface area contributed by atoms with Gasteiger partial charge in [0.2, 0.25) is 11.8 Å². The van der Waals surface area contributed by atoms with E-state index in [1.54, 1.807) is 23.0 Å². The average molecular weight is 313 g/mol. The number of nitrogen functional groups attached to an aromatic ring is 1. The van der Waals surface area contributed by atoms with E-state index in [2.05, 4.69) is 28.1 Å². The SMILES string of the molecule is C=C/C=C\C(=C/C=C)COc1nc(N)nc2c1ncn2C.CC. The molecule has 2 heterocycles. The number of nitrogens with zero attached hydrogens (tertiary/aromatic N) is 4. The molecule has 0 spiro atoms. The van der Waals surface area contributed by atoms with Crippen LogP contribution in [-0.2, 0) is 7.05 Å². The van der Waals surface area contributed by atoms with E-state index in [0.29, 0.717) is 23.7 Å². The van der Waals surface area contributed by atoms with Gasteiger partial charge in [-0.05, 0) is 5.57 Å². The smallest absolute Gasteiger partial charge is 0.247 e. The fourth-order valence-electron chi connectivity index (χ4n) is 1.74. The molecule has 0 aliphatic heterocycles. The molecule has 0 aliphatic rings. The van der Waals surface area contributed by atoms with Crippen molar-refractivity contribution in [1.82, 2.24) is 19.5 Å². The number of aromatic nitrogens is 4. The molecular formula is C17H23N5O. The van der Waals surface area contributed by atoms with Crippen molar-refractivity contribution in [3.05, 3.63) is 55.4 Å². The van der Waals surface area contributed by atoms with Gasteiger partial charge in [0.1, 0.15) is 6.61 Å². The lowest BCUT2D eigenvalue weighted by Crippen LogP contribution is -2.05. The summed E-state index contributed by atoms with van der Waals surface area (Å²) < 4.78 is 7.48. The lowest BCUT2D eigenvalue weighted by atomic mass is 10.2. The summed E-state index contributed by atoms with van der Waals surface area (Å²) in [5.74, 6) is 0.511. The van der Waals surface area contributed by atoms with Crippen molar-refractivity contribution < 1.29 is 4.74 Å². The molecule has 0 aliphatic carbocycles. The van der Waals surface area contributed by atoms with E-state index in [0.717, 1.165) is 5.57 Å². The Morgan fingerprint density at radius 1 is 1.30 bits per heavy atom. The van der Waals surface area contributed by atoms with Gasteiger partial charge >= 0.3 is 0 Å². The standard InChI is InChI=1S/C15H17N5O.C2H6/c1-4-6-8-11(7-5-2)9-21-14-12-13(18-15(16)19-14)20(3)10-17-12;1-2/h4-8,10H,1-2,9H2,3H3,(H2,16,18,19);1-2H3/b8-6-,11-7+;. The van der Waals surface area contributed by atoms with Gasteiger partial charge in [0, 0.05) is 7.05 Å². The van der Waals surface area contributed by atoms with E-state index in [1.165, 1.54) is 0 Å². The first-order valence-corrected chi connectivity index (χ1v) is 7.33. The van der Waals surface area contributed by atoms with Crippen molar-refractivity contribution in [3.63, 3.8) is 0 Å². The number of hydrogen-bond donors (Lipinski definition) is 1. The molecular weight excluding hydrogens is 290 g/mol. The van der Waals surface area contributed by atoms with Crippen LogP contribution in [0, 0.1) is 0 Å². The zero-order valence-electron chi connectivity index (χ0n) is 13.9. The summed E-state index contributed by atoms with van der Waals surface area (Å²) in [6.45, 7) is 11.6. The molecule has 122 valence electrons. The third-order valence-electron chi connectivity index (χ3n) is 2.70. The molecule has 0 saturated heterocycles. The third kappa shape index (κ3) is 4.81. The molecule has 0 amide bonds. The van der Waals surface area contributed by atoms with Crippen LogP contribution in [0.3, 0.4) is 0 Å². The van der Waals surface area contributed by atoms with Crippen LogP contribution in [0.5, 0.6) is 5.88 Å². The monoisotopic (exact) mass is 313 g/mol. The molecule has 0 radical (unpaired) electrons. The zero-order chi connectivity index (χ0) is 17.2. The van der Waals surface area contributed by atoms with Crippen LogP contribution < -0.4 is 10.5 Å². The molecule has 6 nitrogen and oxygen atoms in total. The lowest BCUT2D eigenvalue weighted by Gasteiger charge is -2.07. The molecule has 0 aromatic carbocycles. The first-order chi connectivity index (χ1) is 11.2. The van der Waals surface area contributed by atoms with Crippen molar-refractivity contribution in [1.29, 1.82) is 0 Å². The molecule has 0 saturated carbocycles. The highest BCUT2D eigenvalue weighted by molar-refractivity contribution is 5.77. The number of hydrogen-bond acceptors (Lipinski definition) is 5. The van der Waals surface area contributed by atoms with Crippen LogP contribution in [-0.4, -0.2) is 26.1 Å². The number of rotatable bonds is 6. The van der Waals surface area contributed by atoms with Gasteiger partial charge in [-0.25, -0.2) is 4.98 Å². The van der Waals surface area contributed by atoms with Gasteiger partial charge < -0.3 is 15.0 Å². The highest BCUT2D eigenvalue weighted by Gasteiger charge is 2.12. The van der Waals surface area contributed by atoms with Crippen LogP contribution in [0.4, 0.5) is 5.95 Å². The van der Waals surface area contributed by atoms with Gasteiger partial charge in [-0.15, -0.1) is 0 Å². The Labute approximate surface area is 136 Å². The maximum absolute atomic E-state index is 5.72. The molecule has 2 aromatic rings. The Bertz CT molecular complexity index is 728. The second-order valence-electron chi connectivity index (χ2n) is 4.28. The zero-order valence-corrected chi connectivity index (χ0v) is 13.9. The van der Waals surface area contributed by atoms with Gasteiger partial charge in [-0.3, -0.25) is 0 Å². The van der Waals surface area contributed by atoms with Gasteiger partial charge in [-0.1, -0.05) is 57.4 Å². The summed E-state index contributed by atoms with van der Waals surface area (Å²) >= 11 is 0. The Balaban J connectivity index is 0.00000127. The fraction of sp³-hybridized carbons (Fsp3) is 0.235. The van der Waals surface area contributed by atoms with Crippen LogP contribution in [0.1, 0.15) is 13.8 Å². The normalized spacial score (nSPS) is 11.2. The van der Waals surface area contributed by atoms with E-state index >= 15 is 0 Å². The number of ether oxygens (including phenoxy) is 1. The first kappa shape index (κ1) is 18.2. The number of imidazole rings is 1. The van der Waals surface area contributed by atoms with Crippen LogP contribution in [0.2, 0.25) is 0 Å². The minimum absolute atomic E-state index is 0.150. The van der Waals surface area contributed by atoms with Crippen molar-refractivity contribution in [2.75, 3.05) is 12.3 Å². The summed E-state index contributed by atoms with van der Waals surface area (Å²) in [5.41, 5.74) is 7.83. The highest BCUT2D eigenvalue weighted by Crippen LogP contribution is 2.21. The third-order valence-corrected chi connectivity index (χ3v) is 2.70. The summed E-state index contributed by atoms with van der Waals surface area (Å²) in [6.07, 6.45) is 10.6. The van der Waals surface area contributed by atoms with E-state index in [1.807, 2.05) is 39.1 Å². The Kier molecular flexibility index (Phi) is 7.26. The molecule has 2 N–H and O–H groups in total. The number of aryl methyl sites for hydroxylation is 1. The molecule has 2 rings (SSSR count). The molecule has 0 bridgehead atoms. The van der Waals surface area contributed by atoms with Crippen molar-refractivity contribution >= 4 is 17.1 Å². The summed E-state index contributed by atoms with van der Waals surface area (Å²) in [5, 5.41) is 0. The van der Waals surface area contributed by atoms with Crippen molar-refractivity contribution in [2.45, 2.75) is 13.8 Å². The van der Waals surface area contributed by atoms with Gasteiger partial charge in [-0.2, -0.15) is 9.97 Å². The molecule has 2 aromatic heterocycles. The second-order valence-corrected chi connectivity index (χ2v) is 4.28. The molecule has 0 unspecified atom stereocenters. The van der Waals surface area contributed by atoms with Gasteiger partial charge in [0.05, 0.1) is 6.33 Å². The lowest BCUT2D eigenvalue weighted by molar-refractivity contribution is 0.345. The van der Waals surface area contributed by atoms with Crippen LogP contribution in [0.25, 0.3) is 11.2 Å². The summed E-state index contributed by atoms with van der Waals surface area (Å²) in [6, 6.07) is 0. The summed E-state index contributed by atoms with van der Waals surface area (Å²) in [7, 11) is 1.83. The van der Waals surface area contributed by atoms with Crippen molar-refractivity contribution in [3.8, 4) is 5.88 Å². The molecule has 6 heteroatoms. The van der Waals surface area contributed by atoms with E-state index < -0.39 is 0 Å². The molecule has 0 atom stereocenters. The number of nitrogens with two attached hydrogens (primary N) is 1. The van der Waals surface area contributed by atoms with E-state index in [-0.39, 0.29) is 5.95 Å². The predicted molar refractivity (Wildman–Crippen MR) is 95.2 cm³/mol. The highest BCUT2D eigenvalue weighted by atomic mass is 16.5. The maximum atomic E-state index is 5.72.